The molecular weight excluding hydrogens is 254 g/mol. The van der Waals surface area contributed by atoms with Crippen LogP contribution >= 0.6 is 0 Å². The third-order valence-electron chi connectivity index (χ3n) is 2.83. The molecular formula is C11H19N3O5. The molecule has 0 aliphatic carbocycles. The Morgan fingerprint density at radius 3 is 2.58 bits per heavy atom. The van der Waals surface area contributed by atoms with Gasteiger partial charge in [0.25, 0.3) is 0 Å². The Morgan fingerprint density at radius 1 is 1.42 bits per heavy atom. The van der Waals surface area contributed by atoms with E-state index in [2.05, 4.69) is 5.32 Å². The van der Waals surface area contributed by atoms with Crippen molar-refractivity contribution in [2.45, 2.75) is 19.0 Å². The highest BCUT2D eigenvalue weighted by molar-refractivity contribution is 5.88. The summed E-state index contributed by atoms with van der Waals surface area (Å²) >= 11 is 0. The van der Waals surface area contributed by atoms with Gasteiger partial charge < -0.3 is 25.0 Å². The van der Waals surface area contributed by atoms with E-state index in [0.29, 0.717) is 0 Å². The number of carbonyl (C=O) groups excluding carboxylic acids is 2. The van der Waals surface area contributed by atoms with Crippen LogP contribution in [0, 0.1) is 0 Å². The summed E-state index contributed by atoms with van der Waals surface area (Å²) < 4.78 is 5.04. The zero-order valence-electron chi connectivity index (χ0n) is 11.3. The van der Waals surface area contributed by atoms with Crippen LogP contribution in [-0.2, 0) is 14.3 Å². The SMILES string of the molecule is CC(NC(=O)N1CCOCC1C(=O)O)C(=O)N(C)C. The molecule has 1 rings (SSSR count). The molecule has 0 bridgehead atoms. The molecule has 0 radical (unpaired) electrons. The highest BCUT2D eigenvalue weighted by Gasteiger charge is 2.33. The number of nitrogens with one attached hydrogen (secondary N) is 1. The molecule has 0 saturated carbocycles. The predicted molar refractivity (Wildman–Crippen MR) is 65.6 cm³/mol. The number of amides is 3. The van der Waals surface area contributed by atoms with Gasteiger partial charge in [0.2, 0.25) is 5.91 Å². The first kappa shape index (κ1) is 15.2. The van der Waals surface area contributed by atoms with Crippen LogP contribution in [-0.4, -0.2) is 78.8 Å². The van der Waals surface area contributed by atoms with E-state index in [1.165, 1.54) is 9.80 Å². The summed E-state index contributed by atoms with van der Waals surface area (Å²) in [5.41, 5.74) is 0. The Balaban J connectivity index is 2.65. The largest absolute Gasteiger partial charge is 0.480 e. The van der Waals surface area contributed by atoms with E-state index in [9.17, 15) is 14.4 Å². The van der Waals surface area contributed by atoms with Crippen LogP contribution in [0.5, 0.6) is 0 Å². The van der Waals surface area contributed by atoms with Crippen LogP contribution in [0.2, 0.25) is 0 Å². The number of hydrogen-bond donors (Lipinski definition) is 2. The van der Waals surface area contributed by atoms with Crippen LogP contribution in [0.4, 0.5) is 4.79 Å². The maximum absolute atomic E-state index is 12.0. The average Bonchev–Trinajstić information content (AvgIpc) is 2.37. The summed E-state index contributed by atoms with van der Waals surface area (Å²) in [6.45, 7) is 1.98. The Kier molecular flexibility index (Phi) is 5.11. The van der Waals surface area contributed by atoms with E-state index >= 15 is 0 Å². The fraction of sp³-hybridized carbons (Fsp3) is 0.727. The molecule has 0 spiro atoms. The van der Waals surface area contributed by atoms with Gasteiger partial charge in [-0.3, -0.25) is 4.79 Å². The number of urea groups is 1. The number of ether oxygens (including phenoxy) is 1. The Hall–Kier alpha value is -1.83. The number of carboxylic acid groups (broad SMARTS) is 1. The third kappa shape index (κ3) is 3.82. The Bertz CT molecular complexity index is 371. The van der Waals surface area contributed by atoms with E-state index in [4.69, 9.17) is 9.84 Å². The second-order valence-corrected chi connectivity index (χ2v) is 4.53. The first-order chi connectivity index (χ1) is 8.84. The van der Waals surface area contributed by atoms with Gasteiger partial charge in [-0.25, -0.2) is 9.59 Å². The highest BCUT2D eigenvalue weighted by Crippen LogP contribution is 2.08. The molecule has 2 unspecified atom stereocenters. The molecule has 8 heteroatoms. The minimum atomic E-state index is -1.12. The minimum Gasteiger partial charge on any atom is -0.480 e. The summed E-state index contributed by atoms with van der Waals surface area (Å²) in [6.07, 6.45) is 0. The first-order valence-corrected chi connectivity index (χ1v) is 5.93. The van der Waals surface area contributed by atoms with Gasteiger partial charge in [-0.2, -0.15) is 0 Å². The van der Waals surface area contributed by atoms with E-state index in [0.717, 1.165) is 0 Å². The number of nitrogens with zero attached hydrogens (tertiary/aromatic N) is 2. The third-order valence-corrected chi connectivity index (χ3v) is 2.83. The molecule has 1 heterocycles. The molecule has 108 valence electrons. The second-order valence-electron chi connectivity index (χ2n) is 4.53. The normalized spacial score (nSPS) is 20.6. The Labute approximate surface area is 111 Å². The number of aliphatic carboxylic acids is 1. The molecule has 3 amide bonds. The molecule has 1 aliphatic rings. The quantitative estimate of drug-likeness (QED) is 0.684. The zero-order chi connectivity index (χ0) is 14.6. The van der Waals surface area contributed by atoms with Gasteiger partial charge in [-0.15, -0.1) is 0 Å². The lowest BCUT2D eigenvalue weighted by Crippen LogP contribution is -2.58. The van der Waals surface area contributed by atoms with E-state index in [1.54, 1.807) is 21.0 Å². The number of hydrogen-bond acceptors (Lipinski definition) is 4. The van der Waals surface area contributed by atoms with Crippen molar-refractivity contribution in [3.63, 3.8) is 0 Å². The number of carbonyl (C=O) groups is 3. The second kappa shape index (κ2) is 6.37. The van der Waals surface area contributed by atoms with E-state index in [-0.39, 0.29) is 25.7 Å². The van der Waals surface area contributed by atoms with Gasteiger partial charge >= 0.3 is 12.0 Å². The molecule has 1 fully saturated rings. The fourth-order valence-electron chi connectivity index (χ4n) is 1.77. The van der Waals surface area contributed by atoms with Crippen molar-refractivity contribution in [3.8, 4) is 0 Å². The molecule has 2 atom stereocenters. The summed E-state index contributed by atoms with van der Waals surface area (Å²) in [4.78, 5) is 37.2. The lowest BCUT2D eigenvalue weighted by Gasteiger charge is -2.33. The number of carboxylic acids is 1. The van der Waals surface area contributed by atoms with Crippen molar-refractivity contribution >= 4 is 17.9 Å². The average molecular weight is 273 g/mol. The lowest BCUT2D eigenvalue weighted by atomic mass is 10.2. The molecule has 0 aromatic carbocycles. The highest BCUT2D eigenvalue weighted by atomic mass is 16.5. The maximum atomic E-state index is 12.0. The fourth-order valence-corrected chi connectivity index (χ4v) is 1.77. The summed E-state index contributed by atoms with van der Waals surface area (Å²) in [7, 11) is 3.17. The smallest absolute Gasteiger partial charge is 0.328 e. The van der Waals surface area contributed by atoms with Crippen LogP contribution in [0.15, 0.2) is 0 Å². The monoisotopic (exact) mass is 273 g/mol. The van der Waals surface area contributed by atoms with Crippen molar-refractivity contribution in [3.05, 3.63) is 0 Å². The molecule has 2 N–H and O–H groups in total. The molecule has 19 heavy (non-hydrogen) atoms. The van der Waals surface area contributed by atoms with Gasteiger partial charge in [0, 0.05) is 20.6 Å². The van der Waals surface area contributed by atoms with Gasteiger partial charge in [0.1, 0.15) is 6.04 Å². The van der Waals surface area contributed by atoms with Crippen LogP contribution in [0.1, 0.15) is 6.92 Å². The first-order valence-electron chi connectivity index (χ1n) is 5.93. The summed E-state index contributed by atoms with van der Waals surface area (Å²) in [5, 5.41) is 11.5. The Morgan fingerprint density at radius 2 is 2.05 bits per heavy atom. The molecule has 8 nitrogen and oxygen atoms in total. The number of morpholine rings is 1. The van der Waals surface area contributed by atoms with Crippen molar-refractivity contribution in [2.24, 2.45) is 0 Å². The van der Waals surface area contributed by atoms with Crippen LogP contribution < -0.4 is 5.32 Å². The number of likely N-dealkylation sites (N-methyl/N-ethyl adjacent to an activating group) is 1. The van der Waals surface area contributed by atoms with Crippen molar-refractivity contribution in [1.82, 2.24) is 15.1 Å². The van der Waals surface area contributed by atoms with E-state index in [1.807, 2.05) is 0 Å². The van der Waals surface area contributed by atoms with Gasteiger partial charge in [-0.05, 0) is 6.92 Å². The molecule has 0 aromatic rings. The van der Waals surface area contributed by atoms with E-state index < -0.39 is 24.1 Å². The lowest BCUT2D eigenvalue weighted by molar-refractivity contribution is -0.147. The van der Waals surface area contributed by atoms with Crippen LogP contribution in [0.3, 0.4) is 0 Å². The van der Waals surface area contributed by atoms with Crippen molar-refractivity contribution < 1.29 is 24.2 Å². The standard InChI is InChI=1S/C11H19N3O5/c1-7(9(15)13(2)3)12-11(18)14-4-5-19-6-8(14)10(16)17/h7-8H,4-6H2,1-3H3,(H,12,18)(H,16,17). The number of rotatable bonds is 3. The summed E-state index contributed by atoms with van der Waals surface area (Å²) in [5.74, 6) is -1.38. The summed E-state index contributed by atoms with van der Waals surface area (Å²) in [6, 6.07) is -2.30. The van der Waals surface area contributed by atoms with Crippen molar-refractivity contribution in [1.29, 1.82) is 0 Å². The molecule has 0 aromatic heterocycles. The maximum Gasteiger partial charge on any atom is 0.328 e. The molecule has 1 aliphatic heterocycles. The van der Waals surface area contributed by atoms with Crippen molar-refractivity contribution in [2.75, 3.05) is 33.9 Å². The molecule has 1 saturated heterocycles. The van der Waals surface area contributed by atoms with Gasteiger partial charge in [0.15, 0.2) is 6.04 Å². The topological polar surface area (TPSA) is 99.2 Å². The zero-order valence-corrected chi connectivity index (χ0v) is 11.3. The van der Waals surface area contributed by atoms with Gasteiger partial charge in [-0.1, -0.05) is 0 Å². The minimum absolute atomic E-state index is 0.0429. The van der Waals surface area contributed by atoms with Gasteiger partial charge in [0.05, 0.1) is 13.2 Å². The predicted octanol–water partition coefficient (Wildman–Crippen LogP) is -1.04. The van der Waals surface area contributed by atoms with Crippen LogP contribution in [0.25, 0.3) is 0 Å².